The quantitative estimate of drug-likeness (QED) is 0.615. The van der Waals surface area contributed by atoms with Gasteiger partial charge in [0.25, 0.3) is 0 Å². The summed E-state index contributed by atoms with van der Waals surface area (Å²) in [5, 5.41) is 3.06. The highest BCUT2D eigenvalue weighted by Gasteiger charge is 2.11. The number of rotatable bonds is 2. The fourth-order valence-corrected chi connectivity index (χ4v) is 3.42. The van der Waals surface area contributed by atoms with Gasteiger partial charge in [-0.3, -0.25) is 9.78 Å². The Morgan fingerprint density at radius 1 is 1.09 bits per heavy atom. The molecule has 4 rings (SSSR count). The molecule has 2 heterocycles. The highest BCUT2D eigenvalue weighted by molar-refractivity contribution is 7.21. The van der Waals surface area contributed by atoms with E-state index in [0.717, 1.165) is 26.0 Å². The van der Waals surface area contributed by atoms with Gasteiger partial charge in [-0.2, -0.15) is 0 Å². The zero-order valence-electron chi connectivity index (χ0n) is 11.5. The monoisotopic (exact) mass is 305 g/mol. The minimum absolute atomic E-state index is 0.439. The normalized spacial score (nSPS) is 11.1. The van der Waals surface area contributed by atoms with Crippen LogP contribution in [0.25, 0.3) is 31.7 Å². The molecule has 0 bridgehead atoms. The molecule has 4 nitrogen and oxygen atoms in total. The van der Waals surface area contributed by atoms with Gasteiger partial charge in [-0.1, -0.05) is 30.3 Å². The van der Waals surface area contributed by atoms with Crippen LogP contribution in [0.1, 0.15) is 10.4 Å². The van der Waals surface area contributed by atoms with E-state index in [-0.39, 0.29) is 0 Å². The second-order valence-corrected chi connectivity index (χ2v) is 5.98. The topological polar surface area (TPSA) is 68.9 Å². The van der Waals surface area contributed by atoms with Crippen molar-refractivity contribution in [3.8, 4) is 10.7 Å². The molecule has 0 saturated carbocycles. The lowest BCUT2D eigenvalue weighted by Gasteiger charge is -1.98. The van der Waals surface area contributed by atoms with Gasteiger partial charge in [0, 0.05) is 17.1 Å². The van der Waals surface area contributed by atoms with Crippen molar-refractivity contribution in [1.29, 1.82) is 0 Å². The van der Waals surface area contributed by atoms with E-state index in [2.05, 4.69) is 29.2 Å². The SMILES string of the molecule is NC(=O)c1ccnc(-c2nc3c(ccc4ccccc43)s2)c1. The fourth-order valence-electron chi connectivity index (χ4n) is 2.47. The summed E-state index contributed by atoms with van der Waals surface area (Å²) in [6, 6.07) is 15.6. The van der Waals surface area contributed by atoms with E-state index in [1.807, 2.05) is 12.1 Å². The van der Waals surface area contributed by atoms with Gasteiger partial charge in [0.1, 0.15) is 5.01 Å². The van der Waals surface area contributed by atoms with Crippen LogP contribution in [0, 0.1) is 0 Å². The highest BCUT2D eigenvalue weighted by Crippen LogP contribution is 2.33. The number of nitrogens with two attached hydrogens (primary N) is 1. The molecular formula is C17H11N3OS. The van der Waals surface area contributed by atoms with Crippen molar-refractivity contribution in [3.05, 3.63) is 60.3 Å². The predicted molar refractivity (Wildman–Crippen MR) is 88.9 cm³/mol. The number of pyridine rings is 1. The van der Waals surface area contributed by atoms with Gasteiger partial charge < -0.3 is 5.73 Å². The third-order valence-electron chi connectivity index (χ3n) is 3.55. The first-order valence-corrected chi connectivity index (χ1v) is 7.58. The van der Waals surface area contributed by atoms with E-state index < -0.39 is 5.91 Å². The minimum atomic E-state index is -0.463. The average molecular weight is 305 g/mol. The molecule has 0 radical (unpaired) electrons. The van der Waals surface area contributed by atoms with Crippen molar-refractivity contribution in [3.63, 3.8) is 0 Å². The maximum atomic E-state index is 11.3. The molecule has 5 heteroatoms. The summed E-state index contributed by atoms with van der Waals surface area (Å²) in [6.07, 6.45) is 1.58. The molecule has 106 valence electrons. The maximum absolute atomic E-state index is 11.3. The van der Waals surface area contributed by atoms with E-state index in [1.54, 1.807) is 29.7 Å². The van der Waals surface area contributed by atoms with Crippen LogP contribution in [0.5, 0.6) is 0 Å². The van der Waals surface area contributed by atoms with Crippen molar-refractivity contribution in [2.24, 2.45) is 5.73 Å². The number of nitrogens with zero attached hydrogens (tertiary/aromatic N) is 2. The van der Waals surface area contributed by atoms with E-state index in [0.29, 0.717) is 11.3 Å². The van der Waals surface area contributed by atoms with E-state index >= 15 is 0 Å². The third kappa shape index (κ3) is 2.03. The molecule has 0 spiro atoms. The van der Waals surface area contributed by atoms with Crippen molar-refractivity contribution >= 4 is 38.2 Å². The Labute approximate surface area is 130 Å². The van der Waals surface area contributed by atoms with Gasteiger partial charge in [-0.05, 0) is 23.6 Å². The van der Waals surface area contributed by atoms with E-state index in [4.69, 9.17) is 10.7 Å². The second-order valence-electron chi connectivity index (χ2n) is 4.95. The maximum Gasteiger partial charge on any atom is 0.248 e. The van der Waals surface area contributed by atoms with Crippen LogP contribution in [0.3, 0.4) is 0 Å². The Kier molecular flexibility index (Phi) is 2.87. The number of hydrogen-bond donors (Lipinski definition) is 1. The predicted octanol–water partition coefficient (Wildman–Crippen LogP) is 3.61. The second kappa shape index (κ2) is 4.89. The summed E-state index contributed by atoms with van der Waals surface area (Å²) >= 11 is 1.56. The lowest BCUT2D eigenvalue weighted by molar-refractivity contribution is 0.1000. The molecule has 0 aliphatic heterocycles. The van der Waals surface area contributed by atoms with Gasteiger partial charge in [0.2, 0.25) is 5.91 Å². The molecule has 2 aromatic heterocycles. The summed E-state index contributed by atoms with van der Waals surface area (Å²) in [7, 11) is 0. The lowest BCUT2D eigenvalue weighted by Crippen LogP contribution is -2.10. The molecule has 0 saturated heterocycles. The van der Waals surface area contributed by atoms with E-state index in [9.17, 15) is 4.79 Å². The Balaban J connectivity index is 1.95. The zero-order valence-corrected chi connectivity index (χ0v) is 12.3. The fraction of sp³-hybridized carbons (Fsp3) is 0. The Bertz CT molecular complexity index is 1020. The molecule has 0 aliphatic rings. The summed E-state index contributed by atoms with van der Waals surface area (Å²) in [6.45, 7) is 0. The van der Waals surface area contributed by atoms with Gasteiger partial charge in [-0.25, -0.2) is 4.98 Å². The van der Waals surface area contributed by atoms with Crippen LogP contribution in [0.2, 0.25) is 0 Å². The van der Waals surface area contributed by atoms with Crippen LogP contribution in [-0.2, 0) is 0 Å². The Hall–Kier alpha value is -2.79. The number of carbonyl (C=O) groups is 1. The number of benzene rings is 2. The van der Waals surface area contributed by atoms with Gasteiger partial charge >= 0.3 is 0 Å². The van der Waals surface area contributed by atoms with Crippen molar-refractivity contribution < 1.29 is 4.79 Å². The molecule has 2 N–H and O–H groups in total. The Morgan fingerprint density at radius 3 is 2.82 bits per heavy atom. The highest BCUT2D eigenvalue weighted by atomic mass is 32.1. The number of primary amides is 1. The lowest BCUT2D eigenvalue weighted by atomic mass is 10.1. The number of carbonyl (C=O) groups excluding carboxylic acids is 1. The van der Waals surface area contributed by atoms with Gasteiger partial charge in [0.15, 0.2) is 0 Å². The van der Waals surface area contributed by atoms with Crippen molar-refractivity contribution in [1.82, 2.24) is 9.97 Å². The summed E-state index contributed by atoms with van der Waals surface area (Å²) in [4.78, 5) is 20.3. The minimum Gasteiger partial charge on any atom is -0.366 e. The standard InChI is InChI=1S/C17H11N3OS/c18-16(21)11-7-8-19-13(9-11)17-20-15-12-4-2-1-3-10(12)5-6-14(15)22-17/h1-9H,(H2,18,21). The molecule has 0 fully saturated rings. The van der Waals surface area contributed by atoms with E-state index in [1.165, 1.54) is 0 Å². The third-order valence-corrected chi connectivity index (χ3v) is 4.59. The smallest absolute Gasteiger partial charge is 0.248 e. The summed E-state index contributed by atoms with van der Waals surface area (Å²) in [5.74, 6) is -0.463. The van der Waals surface area contributed by atoms with Crippen molar-refractivity contribution in [2.45, 2.75) is 0 Å². The summed E-state index contributed by atoms with van der Waals surface area (Å²) < 4.78 is 1.10. The summed E-state index contributed by atoms with van der Waals surface area (Å²) in [5.41, 5.74) is 7.40. The molecule has 22 heavy (non-hydrogen) atoms. The molecule has 0 aliphatic carbocycles. The molecule has 1 amide bonds. The van der Waals surface area contributed by atoms with Crippen LogP contribution in [0.4, 0.5) is 0 Å². The van der Waals surface area contributed by atoms with Crippen molar-refractivity contribution in [2.75, 3.05) is 0 Å². The number of aromatic nitrogens is 2. The molecule has 0 unspecified atom stereocenters. The number of thiazole rings is 1. The van der Waals surface area contributed by atoms with Crippen LogP contribution >= 0.6 is 11.3 Å². The first-order chi connectivity index (χ1) is 10.7. The first-order valence-electron chi connectivity index (χ1n) is 6.77. The Morgan fingerprint density at radius 2 is 1.95 bits per heavy atom. The molecule has 2 aromatic carbocycles. The van der Waals surface area contributed by atoms with Gasteiger partial charge in [-0.15, -0.1) is 11.3 Å². The number of fused-ring (bicyclic) bond motifs is 3. The average Bonchev–Trinajstić information content (AvgIpc) is 2.99. The zero-order chi connectivity index (χ0) is 15.1. The first kappa shape index (κ1) is 12.9. The largest absolute Gasteiger partial charge is 0.366 e. The van der Waals surface area contributed by atoms with Crippen LogP contribution < -0.4 is 5.73 Å². The van der Waals surface area contributed by atoms with Crippen LogP contribution in [0.15, 0.2) is 54.7 Å². The molecule has 0 atom stereocenters. The van der Waals surface area contributed by atoms with Gasteiger partial charge in [0.05, 0.1) is 15.9 Å². The molecular weight excluding hydrogens is 294 g/mol. The molecule has 4 aromatic rings. The van der Waals surface area contributed by atoms with Crippen LogP contribution in [-0.4, -0.2) is 15.9 Å². The number of amides is 1. The number of hydrogen-bond acceptors (Lipinski definition) is 4.